The maximum absolute atomic E-state index is 12.4. The highest BCUT2D eigenvalue weighted by Gasteiger charge is 2.24. The number of anilines is 2. The van der Waals surface area contributed by atoms with Gasteiger partial charge in [0.05, 0.1) is 25.0 Å². The predicted octanol–water partition coefficient (Wildman–Crippen LogP) is 0.869. The molecule has 0 aromatic carbocycles. The Morgan fingerprint density at radius 3 is 2.52 bits per heavy atom. The van der Waals surface area contributed by atoms with E-state index in [0.717, 1.165) is 37.9 Å². The normalized spacial score (nSPS) is 18.5. The molecule has 0 bridgehead atoms. The summed E-state index contributed by atoms with van der Waals surface area (Å²) in [5, 5.41) is 0. The van der Waals surface area contributed by atoms with Gasteiger partial charge < -0.3 is 23.9 Å². The summed E-state index contributed by atoms with van der Waals surface area (Å²) in [6, 6.07) is 3.63. The number of furan rings is 1. The van der Waals surface area contributed by atoms with Crippen molar-refractivity contribution in [2.75, 3.05) is 62.3 Å². The second-order valence-corrected chi connectivity index (χ2v) is 6.11. The van der Waals surface area contributed by atoms with Crippen LogP contribution < -0.4 is 9.80 Å². The number of aromatic nitrogens is 2. The average molecular weight is 343 g/mol. The molecule has 8 heteroatoms. The Labute approximate surface area is 146 Å². The Bertz CT molecular complexity index is 707. The number of piperazine rings is 1. The molecule has 8 nitrogen and oxygen atoms in total. The SMILES string of the molecule is O=C(c1ccoc1)N1CCN(c2ccnc(N3CCOCC3)n2)CC1. The number of carbonyl (C=O) groups is 1. The van der Waals surface area contributed by atoms with Gasteiger partial charge in [-0.3, -0.25) is 4.79 Å². The minimum atomic E-state index is 0.0186. The summed E-state index contributed by atoms with van der Waals surface area (Å²) in [4.78, 5) is 27.7. The van der Waals surface area contributed by atoms with Gasteiger partial charge in [-0.2, -0.15) is 4.98 Å². The first-order valence-electron chi connectivity index (χ1n) is 8.53. The topological polar surface area (TPSA) is 74.9 Å². The summed E-state index contributed by atoms with van der Waals surface area (Å²) < 4.78 is 10.4. The van der Waals surface area contributed by atoms with Crippen molar-refractivity contribution in [3.63, 3.8) is 0 Å². The number of nitrogens with zero attached hydrogens (tertiary/aromatic N) is 5. The Kier molecular flexibility index (Phi) is 4.51. The Morgan fingerprint density at radius 1 is 1.00 bits per heavy atom. The van der Waals surface area contributed by atoms with Crippen LogP contribution in [0, 0.1) is 0 Å². The van der Waals surface area contributed by atoms with Crippen LogP contribution in [0.25, 0.3) is 0 Å². The average Bonchev–Trinajstić information content (AvgIpc) is 3.23. The van der Waals surface area contributed by atoms with Gasteiger partial charge >= 0.3 is 0 Å². The number of morpholine rings is 1. The summed E-state index contributed by atoms with van der Waals surface area (Å²) in [5.74, 6) is 1.68. The van der Waals surface area contributed by atoms with Crippen LogP contribution in [0.2, 0.25) is 0 Å². The van der Waals surface area contributed by atoms with Gasteiger partial charge in [0.15, 0.2) is 0 Å². The quantitative estimate of drug-likeness (QED) is 0.818. The molecule has 2 aliphatic rings. The van der Waals surface area contributed by atoms with Crippen LogP contribution in [-0.2, 0) is 4.74 Å². The van der Waals surface area contributed by atoms with E-state index in [-0.39, 0.29) is 5.91 Å². The smallest absolute Gasteiger partial charge is 0.257 e. The maximum Gasteiger partial charge on any atom is 0.257 e. The Morgan fingerprint density at radius 2 is 1.80 bits per heavy atom. The second kappa shape index (κ2) is 7.10. The van der Waals surface area contributed by atoms with Crippen molar-refractivity contribution in [1.29, 1.82) is 0 Å². The molecule has 4 heterocycles. The summed E-state index contributed by atoms with van der Waals surface area (Å²) >= 11 is 0. The molecule has 0 unspecified atom stereocenters. The number of carbonyl (C=O) groups excluding carboxylic acids is 1. The highest BCUT2D eigenvalue weighted by molar-refractivity contribution is 5.94. The molecular formula is C17H21N5O3. The van der Waals surface area contributed by atoms with Crippen LogP contribution >= 0.6 is 0 Å². The fraction of sp³-hybridized carbons (Fsp3) is 0.471. The number of ether oxygens (including phenoxy) is 1. The zero-order chi connectivity index (χ0) is 17.1. The number of rotatable bonds is 3. The molecule has 2 aromatic heterocycles. The molecule has 2 aromatic rings. The van der Waals surface area contributed by atoms with E-state index < -0.39 is 0 Å². The Balaban J connectivity index is 1.40. The second-order valence-electron chi connectivity index (χ2n) is 6.11. The first kappa shape index (κ1) is 15.9. The summed E-state index contributed by atoms with van der Waals surface area (Å²) in [5.41, 5.74) is 0.602. The summed E-state index contributed by atoms with van der Waals surface area (Å²) in [6.45, 7) is 5.89. The van der Waals surface area contributed by atoms with Gasteiger partial charge in [0.25, 0.3) is 5.91 Å². The van der Waals surface area contributed by atoms with E-state index in [0.29, 0.717) is 31.9 Å². The Hall–Kier alpha value is -2.61. The van der Waals surface area contributed by atoms with Crippen LogP contribution in [0.3, 0.4) is 0 Å². The van der Waals surface area contributed by atoms with E-state index in [1.165, 1.54) is 12.5 Å². The fourth-order valence-corrected chi connectivity index (χ4v) is 3.14. The van der Waals surface area contributed by atoms with Crippen molar-refractivity contribution < 1.29 is 13.9 Å². The molecule has 0 spiro atoms. The van der Waals surface area contributed by atoms with Crippen molar-refractivity contribution in [2.45, 2.75) is 0 Å². The number of hydrogen-bond donors (Lipinski definition) is 0. The van der Waals surface area contributed by atoms with Crippen molar-refractivity contribution in [1.82, 2.24) is 14.9 Å². The van der Waals surface area contributed by atoms with Crippen molar-refractivity contribution in [3.05, 3.63) is 36.4 Å². The lowest BCUT2D eigenvalue weighted by Crippen LogP contribution is -2.49. The molecule has 25 heavy (non-hydrogen) atoms. The van der Waals surface area contributed by atoms with E-state index in [4.69, 9.17) is 14.1 Å². The first-order chi connectivity index (χ1) is 12.3. The first-order valence-corrected chi connectivity index (χ1v) is 8.53. The molecule has 2 saturated heterocycles. The zero-order valence-electron chi connectivity index (χ0n) is 14.0. The van der Waals surface area contributed by atoms with Gasteiger partial charge in [-0.05, 0) is 12.1 Å². The largest absolute Gasteiger partial charge is 0.472 e. The molecule has 0 saturated carbocycles. The minimum Gasteiger partial charge on any atom is -0.472 e. The van der Waals surface area contributed by atoms with Crippen LogP contribution in [-0.4, -0.2) is 73.3 Å². The third-order valence-corrected chi connectivity index (χ3v) is 4.58. The van der Waals surface area contributed by atoms with Crippen LogP contribution in [0.1, 0.15) is 10.4 Å². The lowest BCUT2D eigenvalue weighted by molar-refractivity contribution is 0.0746. The molecule has 0 radical (unpaired) electrons. The van der Waals surface area contributed by atoms with Crippen molar-refractivity contribution in [2.24, 2.45) is 0 Å². The highest BCUT2D eigenvalue weighted by Crippen LogP contribution is 2.18. The molecule has 2 aliphatic heterocycles. The van der Waals surface area contributed by atoms with Gasteiger partial charge in [0, 0.05) is 45.5 Å². The third-order valence-electron chi connectivity index (χ3n) is 4.58. The summed E-state index contributed by atoms with van der Waals surface area (Å²) in [7, 11) is 0. The lowest BCUT2D eigenvalue weighted by atomic mass is 10.2. The van der Waals surface area contributed by atoms with Gasteiger partial charge in [0.2, 0.25) is 5.95 Å². The zero-order valence-corrected chi connectivity index (χ0v) is 14.0. The molecule has 0 N–H and O–H groups in total. The molecule has 132 valence electrons. The van der Waals surface area contributed by atoms with Gasteiger partial charge in [0.1, 0.15) is 12.1 Å². The van der Waals surface area contributed by atoms with Crippen molar-refractivity contribution >= 4 is 17.7 Å². The monoisotopic (exact) mass is 343 g/mol. The van der Waals surface area contributed by atoms with E-state index in [9.17, 15) is 4.79 Å². The van der Waals surface area contributed by atoms with E-state index in [1.807, 2.05) is 11.0 Å². The fourth-order valence-electron chi connectivity index (χ4n) is 3.14. The predicted molar refractivity (Wildman–Crippen MR) is 91.9 cm³/mol. The van der Waals surface area contributed by atoms with Gasteiger partial charge in [-0.1, -0.05) is 0 Å². The molecule has 2 fully saturated rings. The maximum atomic E-state index is 12.4. The van der Waals surface area contributed by atoms with E-state index >= 15 is 0 Å². The van der Waals surface area contributed by atoms with Crippen LogP contribution in [0.15, 0.2) is 35.3 Å². The molecule has 4 rings (SSSR count). The minimum absolute atomic E-state index is 0.0186. The summed E-state index contributed by atoms with van der Waals surface area (Å²) in [6.07, 6.45) is 4.82. The van der Waals surface area contributed by atoms with Gasteiger partial charge in [-0.15, -0.1) is 0 Å². The molecular weight excluding hydrogens is 322 g/mol. The van der Waals surface area contributed by atoms with Gasteiger partial charge in [-0.25, -0.2) is 4.98 Å². The standard InChI is InChI=1S/C17H21N5O3/c23-16(14-2-10-25-13-14)21-6-4-20(5-7-21)15-1-3-18-17(19-15)22-8-11-24-12-9-22/h1-3,10,13H,4-9,11-12H2. The van der Waals surface area contributed by atoms with E-state index in [2.05, 4.69) is 14.8 Å². The lowest BCUT2D eigenvalue weighted by Gasteiger charge is -2.35. The highest BCUT2D eigenvalue weighted by atomic mass is 16.5. The third kappa shape index (κ3) is 3.43. The molecule has 0 atom stereocenters. The molecule has 0 aliphatic carbocycles. The van der Waals surface area contributed by atoms with Crippen LogP contribution in [0.4, 0.5) is 11.8 Å². The van der Waals surface area contributed by atoms with Crippen LogP contribution in [0.5, 0.6) is 0 Å². The molecule has 1 amide bonds. The number of amides is 1. The van der Waals surface area contributed by atoms with Crippen molar-refractivity contribution in [3.8, 4) is 0 Å². The van der Waals surface area contributed by atoms with E-state index in [1.54, 1.807) is 12.3 Å². The number of hydrogen-bond acceptors (Lipinski definition) is 7.